The highest BCUT2D eigenvalue weighted by atomic mass is 19.1. The van der Waals surface area contributed by atoms with Crippen LogP contribution in [-0.2, 0) is 35.1 Å². The van der Waals surface area contributed by atoms with Crippen molar-refractivity contribution in [2.24, 2.45) is 28.6 Å². The van der Waals surface area contributed by atoms with E-state index in [0.29, 0.717) is 18.4 Å². The van der Waals surface area contributed by atoms with Crippen LogP contribution in [-0.4, -0.2) is 53.1 Å². The number of fused-ring (bicyclic) bond motifs is 5. The molecule has 7 nitrogen and oxygen atoms in total. The van der Waals surface area contributed by atoms with E-state index >= 15 is 4.39 Å². The number of ketones is 2. The molecule has 0 aromatic heterocycles. The first-order valence-electron chi connectivity index (χ1n) is 14.7. The van der Waals surface area contributed by atoms with E-state index in [4.69, 9.17) is 9.47 Å². The van der Waals surface area contributed by atoms with Gasteiger partial charge in [0.1, 0.15) is 6.17 Å². The number of Topliss-reactive ketones (excluding diaryl/α,β-unsaturated/α-hetero) is 1. The first kappa shape index (κ1) is 29.4. The summed E-state index contributed by atoms with van der Waals surface area (Å²) in [7, 11) is 0. The molecule has 3 fully saturated rings. The van der Waals surface area contributed by atoms with Crippen LogP contribution >= 0.6 is 0 Å². The van der Waals surface area contributed by atoms with Gasteiger partial charge in [-0.1, -0.05) is 57.2 Å². The molecule has 1 unspecified atom stereocenters. The maximum atomic E-state index is 15.7. The summed E-state index contributed by atoms with van der Waals surface area (Å²) in [5, 5.41) is 11.7. The Morgan fingerprint density at radius 3 is 2.56 bits per heavy atom. The molecule has 41 heavy (non-hydrogen) atoms. The lowest BCUT2D eigenvalue weighted by molar-refractivity contribution is -0.202. The molecule has 8 heteroatoms. The number of esters is 2. The minimum Gasteiger partial charge on any atom is -0.457 e. The quantitative estimate of drug-likeness (QED) is 0.457. The molecule has 0 bridgehead atoms. The van der Waals surface area contributed by atoms with Gasteiger partial charge in [-0.25, -0.2) is 4.39 Å². The molecule has 5 rings (SSSR count). The summed E-state index contributed by atoms with van der Waals surface area (Å²) in [5.74, 6) is -2.75. The summed E-state index contributed by atoms with van der Waals surface area (Å²) in [4.78, 5) is 51.6. The molecule has 8 atom stereocenters. The summed E-state index contributed by atoms with van der Waals surface area (Å²) in [5.41, 5.74) is -2.29. The highest BCUT2D eigenvalue weighted by Crippen LogP contribution is 2.68. The van der Waals surface area contributed by atoms with Crippen LogP contribution in [0.4, 0.5) is 4.39 Å². The van der Waals surface area contributed by atoms with Crippen molar-refractivity contribution in [1.29, 1.82) is 0 Å². The largest absolute Gasteiger partial charge is 0.457 e. The van der Waals surface area contributed by atoms with Crippen LogP contribution in [0.5, 0.6) is 0 Å². The molecular weight excluding hydrogens is 527 g/mol. The van der Waals surface area contributed by atoms with E-state index in [0.717, 1.165) is 5.56 Å². The molecule has 4 aliphatic rings. The number of benzene rings is 1. The van der Waals surface area contributed by atoms with Crippen LogP contribution in [0.3, 0.4) is 0 Å². The Hall–Kier alpha value is -3.13. The van der Waals surface area contributed by atoms with Crippen molar-refractivity contribution in [2.45, 2.75) is 83.6 Å². The predicted octanol–water partition coefficient (Wildman–Crippen LogP) is 4.65. The fourth-order valence-corrected chi connectivity index (χ4v) is 8.53. The van der Waals surface area contributed by atoms with E-state index in [1.807, 2.05) is 39.0 Å². The van der Waals surface area contributed by atoms with E-state index in [-0.39, 0.29) is 55.6 Å². The molecule has 0 amide bonds. The van der Waals surface area contributed by atoms with Crippen LogP contribution in [0.15, 0.2) is 54.1 Å². The Labute approximate surface area is 240 Å². The van der Waals surface area contributed by atoms with Crippen molar-refractivity contribution >= 4 is 23.5 Å². The zero-order valence-electron chi connectivity index (χ0n) is 23.9. The van der Waals surface area contributed by atoms with E-state index in [1.165, 1.54) is 12.2 Å². The Morgan fingerprint density at radius 1 is 1.12 bits per heavy atom. The summed E-state index contributed by atoms with van der Waals surface area (Å²) < 4.78 is 27.2. The highest BCUT2D eigenvalue weighted by molar-refractivity contribution is 6.01. The maximum Gasteiger partial charge on any atom is 0.310 e. The van der Waals surface area contributed by atoms with Crippen LogP contribution in [0.1, 0.15) is 64.9 Å². The lowest BCUT2D eigenvalue weighted by Gasteiger charge is -2.60. The van der Waals surface area contributed by atoms with Crippen LogP contribution in [0.2, 0.25) is 0 Å². The summed E-state index contributed by atoms with van der Waals surface area (Å²) >= 11 is 0. The third-order valence-corrected chi connectivity index (χ3v) is 10.3. The van der Waals surface area contributed by atoms with Gasteiger partial charge in [-0.3, -0.25) is 19.2 Å². The van der Waals surface area contributed by atoms with Gasteiger partial charge in [0.15, 0.2) is 18.0 Å². The van der Waals surface area contributed by atoms with Gasteiger partial charge in [0.25, 0.3) is 0 Å². The van der Waals surface area contributed by atoms with Crippen molar-refractivity contribution in [3.8, 4) is 0 Å². The molecular formula is C33H39FO7. The van der Waals surface area contributed by atoms with Gasteiger partial charge in [0, 0.05) is 23.2 Å². The fourth-order valence-electron chi connectivity index (χ4n) is 8.53. The maximum absolute atomic E-state index is 15.7. The molecule has 4 aliphatic carbocycles. The minimum atomic E-state index is -1.61. The first-order valence-corrected chi connectivity index (χ1v) is 14.7. The molecule has 0 radical (unpaired) electrons. The molecule has 0 saturated heterocycles. The Bertz CT molecular complexity index is 1290. The Morgan fingerprint density at radius 2 is 1.85 bits per heavy atom. The number of carbonyl (C=O) groups excluding carboxylic acids is 4. The number of carbonyl (C=O) groups is 4. The normalized spacial score (nSPS) is 37.3. The molecule has 220 valence electrons. The number of rotatable bonds is 8. The molecule has 0 aliphatic heterocycles. The van der Waals surface area contributed by atoms with Crippen molar-refractivity contribution in [3.05, 3.63) is 59.7 Å². The standard InChI is InChI=1S/C33H39FO7/c1-4-8-28(38)41-33(27(37)19-40-29(39)15-20-9-6-5-7-10-20)14-12-23-22-17-25(34)24-16-21(35)11-13-31(24,2)30(22)26(36)18-32(23,33)3/h5-7,9-11,13,16,22-23,25-26,30,36H,4,8,12,14-15,17-19H2,1-3H3/t22-,23-,25-,26?,30+,31-,32-,33-/m0/s1. The average molecular weight is 567 g/mol. The van der Waals surface area contributed by atoms with Gasteiger partial charge in [0.2, 0.25) is 5.78 Å². The molecule has 1 aromatic carbocycles. The topological polar surface area (TPSA) is 107 Å². The lowest BCUT2D eigenvalue weighted by Crippen LogP contribution is -2.64. The SMILES string of the molecule is CCCC(=O)O[C@]1(C(=O)COC(=O)Cc2ccccc2)CC[C@H]2[C@@H]3C[C@H](F)C4=CC(=O)C=C[C@]4(C)[C@H]3C(O)C[C@@]21C. The number of alkyl halides is 1. The number of halogens is 1. The van der Waals surface area contributed by atoms with E-state index in [1.54, 1.807) is 18.2 Å². The lowest BCUT2D eigenvalue weighted by atomic mass is 9.46. The van der Waals surface area contributed by atoms with Gasteiger partial charge in [0.05, 0.1) is 12.5 Å². The number of ether oxygens (including phenoxy) is 2. The van der Waals surface area contributed by atoms with E-state index < -0.39 is 53.0 Å². The second-order valence-corrected chi connectivity index (χ2v) is 12.6. The predicted molar refractivity (Wildman–Crippen MR) is 148 cm³/mol. The van der Waals surface area contributed by atoms with Crippen molar-refractivity contribution in [2.75, 3.05) is 6.61 Å². The van der Waals surface area contributed by atoms with E-state index in [2.05, 4.69) is 0 Å². The Balaban J connectivity index is 1.44. The average Bonchev–Trinajstić information content (AvgIpc) is 3.21. The number of allylic oxidation sites excluding steroid dienone is 4. The van der Waals surface area contributed by atoms with Crippen LogP contribution < -0.4 is 0 Å². The van der Waals surface area contributed by atoms with Gasteiger partial charge in [-0.05, 0) is 67.2 Å². The van der Waals surface area contributed by atoms with Crippen molar-refractivity contribution < 1.29 is 38.1 Å². The third kappa shape index (κ3) is 4.88. The van der Waals surface area contributed by atoms with Crippen molar-refractivity contribution in [1.82, 2.24) is 0 Å². The molecule has 1 aromatic rings. The second-order valence-electron chi connectivity index (χ2n) is 12.6. The number of hydrogen-bond donors (Lipinski definition) is 1. The van der Waals surface area contributed by atoms with Gasteiger partial charge < -0.3 is 14.6 Å². The molecule has 0 heterocycles. The van der Waals surface area contributed by atoms with Crippen LogP contribution in [0, 0.1) is 28.6 Å². The van der Waals surface area contributed by atoms with Gasteiger partial charge >= 0.3 is 11.9 Å². The van der Waals surface area contributed by atoms with Gasteiger partial charge in [-0.15, -0.1) is 0 Å². The van der Waals surface area contributed by atoms with Gasteiger partial charge in [-0.2, -0.15) is 0 Å². The molecule has 1 N–H and O–H groups in total. The summed E-state index contributed by atoms with van der Waals surface area (Å²) in [6, 6.07) is 9.04. The summed E-state index contributed by atoms with van der Waals surface area (Å²) in [6.45, 7) is 5.01. The third-order valence-electron chi connectivity index (χ3n) is 10.3. The van der Waals surface area contributed by atoms with E-state index in [9.17, 15) is 24.3 Å². The molecule has 3 saturated carbocycles. The molecule has 0 spiro atoms. The minimum absolute atomic E-state index is 0.00143. The summed E-state index contributed by atoms with van der Waals surface area (Å²) in [6.07, 6.45) is 3.86. The Kier molecular flexibility index (Phi) is 7.83. The first-order chi connectivity index (χ1) is 19.4. The zero-order chi connectivity index (χ0) is 29.6. The second kappa shape index (κ2) is 10.9. The smallest absolute Gasteiger partial charge is 0.310 e. The fraction of sp³-hybridized carbons (Fsp3) is 0.576. The highest BCUT2D eigenvalue weighted by Gasteiger charge is 2.71. The zero-order valence-corrected chi connectivity index (χ0v) is 23.9. The van der Waals surface area contributed by atoms with Crippen LogP contribution in [0.25, 0.3) is 0 Å². The number of hydrogen-bond acceptors (Lipinski definition) is 7. The number of aliphatic hydroxyl groups excluding tert-OH is 1. The number of aliphatic hydroxyl groups is 1. The monoisotopic (exact) mass is 566 g/mol. The van der Waals surface area contributed by atoms with Crippen molar-refractivity contribution in [3.63, 3.8) is 0 Å².